The lowest BCUT2D eigenvalue weighted by Crippen LogP contribution is -2.82. The molecule has 230 valence electrons. The molecule has 1 aliphatic carbocycles. The largest absolute Gasteiger partial charge is 0.286 e. The molecule has 0 unspecified atom stereocenters. The first-order valence-electron chi connectivity index (χ1n) is 17.4. The van der Waals surface area contributed by atoms with E-state index in [1.54, 1.807) is 0 Å². The number of benzene rings is 6. The molecule has 0 amide bonds. The monoisotopic (exact) mass is 636 g/mol. The number of nitrogens with zero attached hydrogens (tertiary/aromatic N) is 3. The third-order valence-corrected chi connectivity index (χ3v) is 11.7. The third kappa shape index (κ3) is 2.90. The summed E-state index contributed by atoms with van der Waals surface area (Å²) in [7, 11) is 0. The summed E-state index contributed by atoms with van der Waals surface area (Å²) in [6.45, 7) is 0. The number of aromatic nitrogens is 2. The molecule has 0 saturated carbocycles. The molecule has 5 heterocycles. The number of pyridine rings is 2. The lowest BCUT2D eigenvalue weighted by atomic mass is 9.63. The van der Waals surface area contributed by atoms with Crippen molar-refractivity contribution in [2.24, 2.45) is 0 Å². The Kier molecular flexibility index (Phi) is 4.87. The summed E-state index contributed by atoms with van der Waals surface area (Å²) >= 11 is 0. The Balaban J connectivity index is 1.37. The van der Waals surface area contributed by atoms with Gasteiger partial charge in [-0.3, -0.25) is 0 Å². The van der Waals surface area contributed by atoms with Crippen LogP contribution in [-0.2, 0) is 5.41 Å². The van der Waals surface area contributed by atoms with E-state index in [1.165, 1.54) is 89.5 Å². The van der Waals surface area contributed by atoms with Gasteiger partial charge in [0.1, 0.15) is 11.1 Å². The van der Waals surface area contributed by atoms with Crippen molar-refractivity contribution in [3.63, 3.8) is 0 Å². The van der Waals surface area contributed by atoms with Crippen LogP contribution in [0.4, 0.5) is 11.4 Å². The van der Waals surface area contributed by atoms with Gasteiger partial charge in [0.05, 0.1) is 14.8 Å². The molecule has 0 saturated heterocycles. The van der Waals surface area contributed by atoms with Gasteiger partial charge in [-0.05, 0) is 80.9 Å². The van der Waals surface area contributed by atoms with E-state index in [0.29, 0.717) is 4.70 Å². The maximum atomic E-state index is 2.53. The van der Waals surface area contributed by atoms with E-state index in [4.69, 9.17) is 0 Å². The Hall–Kier alpha value is -6.42. The molecule has 50 heavy (non-hydrogen) atoms. The zero-order valence-electron chi connectivity index (χ0n) is 27.2. The quantitative estimate of drug-likeness (QED) is 0.132. The molecule has 0 N–H and O–H groups in total. The summed E-state index contributed by atoms with van der Waals surface area (Å²) in [5.41, 5.74) is 20.0. The van der Waals surface area contributed by atoms with Gasteiger partial charge in [-0.15, -0.1) is 0 Å². The van der Waals surface area contributed by atoms with Crippen LogP contribution in [0.15, 0.2) is 182 Å². The van der Waals surface area contributed by atoms with Crippen LogP contribution in [0.1, 0.15) is 22.3 Å². The van der Waals surface area contributed by atoms with Gasteiger partial charge in [0, 0.05) is 35.4 Å². The van der Waals surface area contributed by atoms with E-state index in [0.717, 1.165) is 0 Å². The average molecular weight is 637 g/mol. The normalized spacial score (nSPS) is 15.1. The first-order valence-corrected chi connectivity index (χ1v) is 17.4. The van der Waals surface area contributed by atoms with Crippen molar-refractivity contribution in [1.82, 2.24) is 4.70 Å². The van der Waals surface area contributed by atoms with Crippen molar-refractivity contribution in [2.75, 3.05) is 0 Å². The minimum absolute atomic E-state index is 0.456. The minimum atomic E-state index is -0.552. The van der Waals surface area contributed by atoms with E-state index in [1.807, 2.05) is 0 Å². The van der Waals surface area contributed by atoms with E-state index in [-0.39, 0.29) is 0 Å². The highest BCUT2D eigenvalue weighted by atomic mass is 15.9. The van der Waals surface area contributed by atoms with Crippen molar-refractivity contribution < 1.29 is 9.35 Å². The molecule has 0 atom stereocenters. The van der Waals surface area contributed by atoms with E-state index in [9.17, 15) is 0 Å². The van der Waals surface area contributed by atoms with E-state index >= 15 is 0 Å². The standard InChI is InChI=1S/C47H30N3/c1-3-15-31(16-4-1)33-27-37-43-23-11-13-25-48(43)50-45(37)41(29-33)47(39-21-9-7-19-35(39)36-20-8-10-22-40(36)47)42-30-34(32-17-5-2-6-18-32)28-38(46(42)50)44-24-12-14-26-49(44)50/h1-30H/q+3. The molecule has 6 aromatic carbocycles. The predicted molar refractivity (Wildman–Crippen MR) is 198 cm³/mol. The first kappa shape index (κ1) is 26.5. The Morgan fingerprint density at radius 2 is 0.760 bits per heavy atom. The fourth-order valence-electron chi connectivity index (χ4n) is 9.90. The van der Waals surface area contributed by atoms with Crippen molar-refractivity contribution >= 4 is 11.4 Å². The van der Waals surface area contributed by atoms with Crippen LogP contribution < -0.4 is 14.1 Å². The number of hydrogen-bond acceptors (Lipinski definition) is 0. The second kappa shape index (κ2) is 9.17. The second-order valence-electron chi connectivity index (χ2n) is 13.9. The van der Waals surface area contributed by atoms with Crippen LogP contribution in [0.3, 0.4) is 0 Å². The average Bonchev–Trinajstić information content (AvgIpc) is 3.78. The smallest absolute Gasteiger partial charge is 0.0622 e. The van der Waals surface area contributed by atoms with Crippen LogP contribution >= 0.6 is 0 Å². The summed E-state index contributed by atoms with van der Waals surface area (Å²) in [6, 6.07) is 63.4. The Morgan fingerprint density at radius 1 is 0.340 bits per heavy atom. The molecule has 3 heteroatoms. The van der Waals surface area contributed by atoms with Crippen LogP contribution in [0.25, 0.3) is 55.9 Å². The molecule has 8 aromatic rings. The molecule has 2 spiro atoms. The molecular weight excluding hydrogens is 607 g/mol. The molecule has 12 rings (SSSR count). The zero-order valence-corrected chi connectivity index (χ0v) is 27.2. The van der Waals surface area contributed by atoms with Crippen LogP contribution in [0, 0.1) is 0 Å². The summed E-state index contributed by atoms with van der Waals surface area (Å²) in [5, 5.41) is 0. The molecule has 2 aromatic heterocycles. The zero-order chi connectivity index (χ0) is 32.6. The van der Waals surface area contributed by atoms with Crippen LogP contribution in [0.2, 0.25) is 0 Å². The molecule has 3 nitrogen and oxygen atoms in total. The first-order chi connectivity index (χ1) is 24.8. The number of rotatable bonds is 2. The highest BCUT2D eigenvalue weighted by Crippen LogP contribution is 2.68. The number of quaternary nitrogens is 1. The lowest BCUT2D eigenvalue weighted by Gasteiger charge is -2.39. The lowest BCUT2D eigenvalue weighted by molar-refractivity contribution is -1.02. The minimum Gasteiger partial charge on any atom is -0.0622 e. The fraction of sp³-hybridized carbons (Fsp3) is 0.0213. The van der Waals surface area contributed by atoms with E-state index < -0.39 is 5.41 Å². The summed E-state index contributed by atoms with van der Waals surface area (Å²) in [6.07, 6.45) is 4.56. The van der Waals surface area contributed by atoms with Gasteiger partial charge in [0.25, 0.3) is 22.8 Å². The maximum absolute atomic E-state index is 2.53. The van der Waals surface area contributed by atoms with Gasteiger partial charge in [-0.1, -0.05) is 109 Å². The van der Waals surface area contributed by atoms with Crippen LogP contribution in [-0.4, -0.2) is 0 Å². The summed E-state index contributed by atoms with van der Waals surface area (Å²) in [4.78, 5) is 0. The Morgan fingerprint density at radius 3 is 1.24 bits per heavy atom. The Labute approximate surface area is 290 Å². The third-order valence-electron chi connectivity index (χ3n) is 11.7. The molecule has 0 radical (unpaired) electrons. The van der Waals surface area contributed by atoms with Crippen molar-refractivity contribution in [3.05, 3.63) is 205 Å². The van der Waals surface area contributed by atoms with Gasteiger partial charge in [-0.2, -0.15) is 0 Å². The maximum Gasteiger partial charge on any atom is 0.286 e. The van der Waals surface area contributed by atoms with Gasteiger partial charge in [0.2, 0.25) is 12.4 Å². The predicted octanol–water partition coefficient (Wildman–Crippen LogP) is 9.80. The highest BCUT2D eigenvalue weighted by molar-refractivity contribution is 6.01. The SMILES string of the molecule is c1ccc(-c2cc3c4c(c2)C2(c5ccccc5-c5ccccc52)c2cc(-c5ccccc5)cc5c2[N+]4([n+]2ccccc2-3)[n+]2ccccc2-5)cc1. The van der Waals surface area contributed by atoms with Gasteiger partial charge < -0.3 is 0 Å². The molecule has 0 bridgehead atoms. The summed E-state index contributed by atoms with van der Waals surface area (Å²) < 4.78 is 5.46. The van der Waals surface area contributed by atoms with Crippen molar-refractivity contribution in [1.29, 1.82) is 0 Å². The van der Waals surface area contributed by atoms with Crippen molar-refractivity contribution in [3.8, 4) is 55.9 Å². The molecular formula is C47H30N3+3. The second-order valence-corrected chi connectivity index (χ2v) is 13.9. The fourth-order valence-corrected chi connectivity index (χ4v) is 9.90. The molecule has 0 fully saturated rings. The van der Waals surface area contributed by atoms with Crippen LogP contribution in [0.5, 0.6) is 0 Å². The number of fused-ring (bicyclic) bond motifs is 11. The molecule has 3 aliphatic heterocycles. The summed E-state index contributed by atoms with van der Waals surface area (Å²) in [5.74, 6) is 0. The highest BCUT2D eigenvalue weighted by Gasteiger charge is 2.75. The molecule has 4 aliphatic rings. The van der Waals surface area contributed by atoms with E-state index in [2.05, 4.69) is 192 Å². The van der Waals surface area contributed by atoms with Gasteiger partial charge >= 0.3 is 0 Å². The van der Waals surface area contributed by atoms with Gasteiger partial charge in [0.15, 0.2) is 4.70 Å². The Bertz CT molecular complexity index is 2570. The topological polar surface area (TPSA) is 7.76 Å². The van der Waals surface area contributed by atoms with Crippen molar-refractivity contribution in [2.45, 2.75) is 5.41 Å². The number of hydrogen-bond donors (Lipinski definition) is 0. The van der Waals surface area contributed by atoms with Gasteiger partial charge in [-0.25, -0.2) is 0 Å².